The van der Waals surface area contributed by atoms with Crippen molar-refractivity contribution < 1.29 is 9.53 Å². The third kappa shape index (κ3) is 4.00. The molecule has 0 saturated carbocycles. The van der Waals surface area contributed by atoms with Crippen molar-refractivity contribution in [2.75, 3.05) is 7.11 Å². The number of para-hydroxylation sites is 1. The van der Waals surface area contributed by atoms with E-state index in [4.69, 9.17) is 4.74 Å². The molecule has 6 nitrogen and oxygen atoms in total. The Morgan fingerprint density at radius 2 is 2.00 bits per heavy atom. The van der Waals surface area contributed by atoms with Gasteiger partial charge in [0.1, 0.15) is 11.3 Å². The lowest BCUT2D eigenvalue weighted by Gasteiger charge is -2.23. The number of amides is 1. The summed E-state index contributed by atoms with van der Waals surface area (Å²) < 4.78 is 7.30. The Balaban J connectivity index is 1.67. The van der Waals surface area contributed by atoms with Crippen LogP contribution in [-0.2, 0) is 19.6 Å². The van der Waals surface area contributed by atoms with Crippen LogP contribution in [0.4, 0.5) is 0 Å². The predicted octanol–water partition coefficient (Wildman–Crippen LogP) is 4.36. The standard InChI is InChI=1S/C22H22N4O2S/c1-3-26-20-11-10-16(13-19(20)23-24-26)22(27)25(15-18-8-6-12-29-18)14-17-7-4-5-9-21(17)28-2/h4-13H,3,14-15H2,1-2H3. The number of aromatic nitrogens is 3. The molecule has 0 saturated heterocycles. The molecule has 29 heavy (non-hydrogen) atoms. The predicted molar refractivity (Wildman–Crippen MR) is 114 cm³/mol. The van der Waals surface area contributed by atoms with Gasteiger partial charge in [-0.2, -0.15) is 0 Å². The van der Waals surface area contributed by atoms with Crippen LogP contribution in [0.2, 0.25) is 0 Å². The van der Waals surface area contributed by atoms with Crippen LogP contribution < -0.4 is 4.74 Å². The molecular formula is C22H22N4O2S. The summed E-state index contributed by atoms with van der Waals surface area (Å²) in [5, 5.41) is 10.4. The van der Waals surface area contributed by atoms with E-state index in [1.165, 1.54) is 0 Å². The van der Waals surface area contributed by atoms with Gasteiger partial charge in [-0.1, -0.05) is 29.5 Å². The van der Waals surface area contributed by atoms with E-state index >= 15 is 0 Å². The van der Waals surface area contributed by atoms with Gasteiger partial charge < -0.3 is 9.64 Å². The second-order valence-corrected chi connectivity index (χ2v) is 7.69. The van der Waals surface area contributed by atoms with Gasteiger partial charge in [0.15, 0.2) is 0 Å². The van der Waals surface area contributed by atoms with Crippen molar-refractivity contribution in [3.8, 4) is 5.75 Å². The molecule has 0 fully saturated rings. The minimum absolute atomic E-state index is 0.0442. The summed E-state index contributed by atoms with van der Waals surface area (Å²) in [5.74, 6) is 0.732. The molecule has 0 aliphatic heterocycles. The Morgan fingerprint density at radius 1 is 1.14 bits per heavy atom. The second-order valence-electron chi connectivity index (χ2n) is 6.66. The molecule has 2 aromatic heterocycles. The summed E-state index contributed by atoms with van der Waals surface area (Å²) in [6, 6.07) is 17.4. The van der Waals surface area contributed by atoms with Crippen LogP contribution in [0, 0.1) is 0 Å². The maximum absolute atomic E-state index is 13.4. The summed E-state index contributed by atoms with van der Waals surface area (Å²) in [5.41, 5.74) is 3.23. The molecule has 0 atom stereocenters. The number of methoxy groups -OCH3 is 1. The average molecular weight is 407 g/mol. The van der Waals surface area contributed by atoms with E-state index in [2.05, 4.69) is 10.3 Å². The zero-order chi connectivity index (χ0) is 20.2. The molecule has 0 spiro atoms. The van der Waals surface area contributed by atoms with Crippen LogP contribution in [0.1, 0.15) is 27.7 Å². The zero-order valence-electron chi connectivity index (χ0n) is 16.4. The van der Waals surface area contributed by atoms with Crippen LogP contribution in [0.15, 0.2) is 60.0 Å². The molecule has 2 heterocycles. The number of rotatable bonds is 7. The fourth-order valence-electron chi connectivity index (χ4n) is 3.35. The maximum atomic E-state index is 13.4. The Kier molecular flexibility index (Phi) is 5.57. The Labute approximate surface area is 173 Å². The first-order chi connectivity index (χ1) is 14.2. The number of hydrogen-bond donors (Lipinski definition) is 0. The molecule has 1 amide bonds. The SMILES string of the molecule is CCn1nnc2cc(C(=O)N(Cc3cccs3)Cc3ccccc3OC)ccc21. The molecule has 0 bridgehead atoms. The number of nitrogens with zero attached hydrogens (tertiary/aromatic N) is 4. The number of carbonyl (C=O) groups is 1. The Bertz CT molecular complexity index is 1120. The van der Waals surface area contributed by atoms with Gasteiger partial charge in [-0.05, 0) is 42.6 Å². The van der Waals surface area contributed by atoms with Gasteiger partial charge in [0, 0.05) is 22.5 Å². The van der Waals surface area contributed by atoms with E-state index in [-0.39, 0.29) is 5.91 Å². The minimum atomic E-state index is -0.0442. The van der Waals surface area contributed by atoms with Crippen molar-refractivity contribution in [1.82, 2.24) is 19.9 Å². The molecule has 0 aliphatic rings. The van der Waals surface area contributed by atoms with Gasteiger partial charge in [0.25, 0.3) is 5.91 Å². The highest BCUT2D eigenvalue weighted by Gasteiger charge is 2.20. The number of carbonyl (C=O) groups excluding carboxylic acids is 1. The maximum Gasteiger partial charge on any atom is 0.254 e. The fourth-order valence-corrected chi connectivity index (χ4v) is 4.07. The van der Waals surface area contributed by atoms with Crippen LogP contribution in [0.5, 0.6) is 5.75 Å². The van der Waals surface area contributed by atoms with Gasteiger partial charge in [0.2, 0.25) is 0 Å². The largest absolute Gasteiger partial charge is 0.496 e. The van der Waals surface area contributed by atoms with Gasteiger partial charge in [0.05, 0.1) is 25.7 Å². The van der Waals surface area contributed by atoms with Gasteiger partial charge in [-0.25, -0.2) is 4.68 Å². The van der Waals surface area contributed by atoms with Crippen LogP contribution >= 0.6 is 11.3 Å². The third-order valence-electron chi connectivity index (χ3n) is 4.83. The highest BCUT2D eigenvalue weighted by atomic mass is 32.1. The lowest BCUT2D eigenvalue weighted by atomic mass is 10.1. The summed E-state index contributed by atoms with van der Waals surface area (Å²) in [6.07, 6.45) is 0. The summed E-state index contributed by atoms with van der Waals surface area (Å²) in [4.78, 5) is 16.4. The monoisotopic (exact) mass is 406 g/mol. The molecule has 2 aromatic carbocycles. The third-order valence-corrected chi connectivity index (χ3v) is 5.69. The highest BCUT2D eigenvalue weighted by molar-refractivity contribution is 7.09. The van der Waals surface area contributed by atoms with Crippen molar-refractivity contribution in [3.05, 3.63) is 76.0 Å². The van der Waals surface area contributed by atoms with Crippen LogP contribution in [-0.4, -0.2) is 32.9 Å². The first-order valence-corrected chi connectivity index (χ1v) is 10.3. The average Bonchev–Trinajstić information content (AvgIpc) is 3.42. The zero-order valence-corrected chi connectivity index (χ0v) is 17.2. The van der Waals surface area contributed by atoms with Crippen LogP contribution in [0.3, 0.4) is 0 Å². The van der Waals surface area contributed by atoms with Crippen molar-refractivity contribution in [1.29, 1.82) is 0 Å². The van der Waals surface area contributed by atoms with Crippen LogP contribution in [0.25, 0.3) is 11.0 Å². The van der Waals surface area contributed by atoms with E-state index < -0.39 is 0 Å². The number of benzene rings is 2. The van der Waals surface area contributed by atoms with E-state index in [1.807, 2.05) is 76.5 Å². The quantitative estimate of drug-likeness (QED) is 0.457. The highest BCUT2D eigenvalue weighted by Crippen LogP contribution is 2.24. The molecular weight excluding hydrogens is 384 g/mol. The number of fused-ring (bicyclic) bond motifs is 1. The molecule has 0 aliphatic carbocycles. The molecule has 0 unspecified atom stereocenters. The topological polar surface area (TPSA) is 60.2 Å². The van der Waals surface area contributed by atoms with Crippen molar-refractivity contribution in [3.63, 3.8) is 0 Å². The Hall–Kier alpha value is -3.19. The smallest absolute Gasteiger partial charge is 0.254 e. The van der Waals surface area contributed by atoms with Crippen molar-refractivity contribution in [2.45, 2.75) is 26.6 Å². The fraction of sp³-hybridized carbons (Fsp3) is 0.227. The first kappa shape index (κ1) is 19.1. The van der Waals surface area contributed by atoms with E-state index in [0.717, 1.165) is 33.8 Å². The number of ether oxygens (including phenoxy) is 1. The van der Waals surface area contributed by atoms with Gasteiger partial charge in [-0.15, -0.1) is 16.4 Å². The number of aryl methyl sites for hydroxylation is 1. The summed E-state index contributed by atoms with van der Waals surface area (Å²) in [7, 11) is 1.65. The van der Waals surface area contributed by atoms with Gasteiger partial charge >= 0.3 is 0 Å². The lowest BCUT2D eigenvalue weighted by molar-refractivity contribution is 0.0731. The van der Waals surface area contributed by atoms with E-state index in [9.17, 15) is 4.79 Å². The van der Waals surface area contributed by atoms with Crippen molar-refractivity contribution in [2.24, 2.45) is 0 Å². The lowest BCUT2D eigenvalue weighted by Crippen LogP contribution is -2.30. The van der Waals surface area contributed by atoms with Gasteiger partial charge in [-0.3, -0.25) is 4.79 Å². The molecule has 4 rings (SSSR count). The first-order valence-electron chi connectivity index (χ1n) is 9.46. The minimum Gasteiger partial charge on any atom is -0.496 e. The molecule has 148 valence electrons. The molecule has 0 N–H and O–H groups in total. The Morgan fingerprint density at radius 3 is 2.76 bits per heavy atom. The molecule has 4 aromatic rings. The summed E-state index contributed by atoms with van der Waals surface area (Å²) >= 11 is 1.64. The van der Waals surface area contributed by atoms with E-state index in [0.29, 0.717) is 18.7 Å². The number of thiophene rings is 1. The molecule has 0 radical (unpaired) electrons. The normalized spacial score (nSPS) is 11.0. The van der Waals surface area contributed by atoms with E-state index in [1.54, 1.807) is 18.4 Å². The van der Waals surface area contributed by atoms with Crippen molar-refractivity contribution >= 4 is 28.3 Å². The number of hydrogen-bond acceptors (Lipinski definition) is 5. The molecule has 7 heteroatoms. The second kappa shape index (κ2) is 8.45. The summed E-state index contributed by atoms with van der Waals surface area (Å²) in [6.45, 7) is 3.75.